The van der Waals surface area contributed by atoms with Crippen LogP contribution < -0.4 is 5.32 Å². The molecule has 2 atom stereocenters. The second-order valence-corrected chi connectivity index (χ2v) is 5.40. The molecule has 1 heterocycles. The molecule has 3 rings (SSSR count). The van der Waals surface area contributed by atoms with Gasteiger partial charge in [0.15, 0.2) is 0 Å². The Labute approximate surface area is 86.4 Å². The van der Waals surface area contributed by atoms with Gasteiger partial charge in [-0.1, -0.05) is 6.42 Å². The van der Waals surface area contributed by atoms with E-state index in [1.165, 1.54) is 38.5 Å². The molecule has 0 aromatic rings. The molecule has 14 heavy (non-hydrogen) atoms. The lowest BCUT2D eigenvalue weighted by atomic mass is 9.75. The fourth-order valence-electron chi connectivity index (χ4n) is 3.34. The molecule has 2 saturated carbocycles. The van der Waals surface area contributed by atoms with E-state index in [2.05, 4.69) is 5.32 Å². The highest BCUT2D eigenvalue weighted by molar-refractivity contribution is 4.96. The number of morpholine rings is 1. The van der Waals surface area contributed by atoms with E-state index in [0.717, 1.165) is 31.5 Å². The molecule has 1 saturated heterocycles. The van der Waals surface area contributed by atoms with Gasteiger partial charge in [0.05, 0.1) is 12.2 Å². The zero-order valence-electron chi connectivity index (χ0n) is 8.93. The first-order valence-corrected chi connectivity index (χ1v) is 6.23. The molecule has 0 amide bonds. The maximum atomic E-state index is 6.05. The Kier molecular flexibility index (Phi) is 2.29. The Bertz CT molecular complexity index is 201. The first-order chi connectivity index (χ1) is 6.88. The average Bonchev–Trinajstić information content (AvgIpc) is 3.02. The summed E-state index contributed by atoms with van der Waals surface area (Å²) in [6.45, 7) is 3.09. The lowest BCUT2D eigenvalue weighted by Crippen LogP contribution is -2.52. The second kappa shape index (κ2) is 3.49. The summed E-state index contributed by atoms with van der Waals surface area (Å²) >= 11 is 0. The largest absolute Gasteiger partial charge is 0.372 e. The lowest BCUT2D eigenvalue weighted by molar-refractivity contribution is -0.101. The predicted molar refractivity (Wildman–Crippen MR) is 56.2 cm³/mol. The van der Waals surface area contributed by atoms with Gasteiger partial charge >= 0.3 is 0 Å². The van der Waals surface area contributed by atoms with Crippen LogP contribution in [0.25, 0.3) is 0 Å². The van der Waals surface area contributed by atoms with E-state index < -0.39 is 0 Å². The normalized spacial score (nSPS) is 44.1. The standard InChI is InChI=1S/C12H21NO/c1-2-11(10-3-4-10)8-12(5-1)9-13-6-7-14-12/h10-11,13H,1-9H2. The van der Waals surface area contributed by atoms with Gasteiger partial charge in [0.1, 0.15) is 0 Å². The van der Waals surface area contributed by atoms with E-state index in [0.29, 0.717) is 0 Å². The summed E-state index contributed by atoms with van der Waals surface area (Å²) < 4.78 is 6.05. The van der Waals surface area contributed by atoms with Gasteiger partial charge in [-0.05, 0) is 43.9 Å². The summed E-state index contributed by atoms with van der Waals surface area (Å²) in [5.41, 5.74) is 0.240. The summed E-state index contributed by atoms with van der Waals surface area (Å²) in [7, 11) is 0. The van der Waals surface area contributed by atoms with Gasteiger partial charge in [0.2, 0.25) is 0 Å². The van der Waals surface area contributed by atoms with Crippen LogP contribution in [0.4, 0.5) is 0 Å². The molecule has 1 spiro atoms. The molecule has 1 N–H and O–H groups in total. The van der Waals surface area contributed by atoms with Gasteiger partial charge in [-0.2, -0.15) is 0 Å². The van der Waals surface area contributed by atoms with Gasteiger partial charge < -0.3 is 10.1 Å². The maximum Gasteiger partial charge on any atom is 0.0809 e. The van der Waals surface area contributed by atoms with E-state index >= 15 is 0 Å². The zero-order valence-corrected chi connectivity index (χ0v) is 8.93. The smallest absolute Gasteiger partial charge is 0.0809 e. The van der Waals surface area contributed by atoms with Crippen molar-refractivity contribution in [2.75, 3.05) is 19.7 Å². The van der Waals surface area contributed by atoms with Crippen molar-refractivity contribution in [2.45, 2.75) is 44.1 Å². The Balaban J connectivity index is 1.66. The molecule has 0 aromatic carbocycles. The van der Waals surface area contributed by atoms with Crippen molar-refractivity contribution in [3.8, 4) is 0 Å². The van der Waals surface area contributed by atoms with Crippen molar-refractivity contribution in [1.29, 1.82) is 0 Å². The Hall–Kier alpha value is -0.0800. The Morgan fingerprint density at radius 1 is 1.14 bits per heavy atom. The molecule has 0 bridgehead atoms. The van der Waals surface area contributed by atoms with Crippen LogP contribution in [0.1, 0.15) is 38.5 Å². The molecule has 0 aromatic heterocycles. The number of hydrogen-bond acceptors (Lipinski definition) is 2. The van der Waals surface area contributed by atoms with E-state index in [-0.39, 0.29) is 5.60 Å². The van der Waals surface area contributed by atoms with E-state index in [4.69, 9.17) is 4.74 Å². The molecular formula is C12H21NO. The summed E-state index contributed by atoms with van der Waals surface area (Å²) in [6, 6.07) is 0. The van der Waals surface area contributed by atoms with Gasteiger partial charge in [0.25, 0.3) is 0 Å². The molecule has 2 aliphatic carbocycles. The molecule has 3 aliphatic rings. The van der Waals surface area contributed by atoms with E-state index in [9.17, 15) is 0 Å². The molecule has 1 aliphatic heterocycles. The molecular weight excluding hydrogens is 174 g/mol. The SMILES string of the molecule is C1CC(C2CC2)CC2(C1)CNCCO2. The Morgan fingerprint density at radius 2 is 2.07 bits per heavy atom. The number of rotatable bonds is 1. The van der Waals surface area contributed by atoms with Crippen molar-refractivity contribution < 1.29 is 4.74 Å². The average molecular weight is 195 g/mol. The summed E-state index contributed by atoms with van der Waals surface area (Å²) in [6.07, 6.45) is 8.48. The quantitative estimate of drug-likeness (QED) is 0.690. The highest BCUT2D eigenvalue weighted by atomic mass is 16.5. The van der Waals surface area contributed by atoms with Crippen molar-refractivity contribution >= 4 is 0 Å². The molecule has 2 unspecified atom stereocenters. The first kappa shape index (κ1) is 9.17. The van der Waals surface area contributed by atoms with E-state index in [1.54, 1.807) is 0 Å². The minimum absolute atomic E-state index is 0.240. The van der Waals surface area contributed by atoms with Crippen molar-refractivity contribution in [3.05, 3.63) is 0 Å². The molecule has 3 fully saturated rings. The monoisotopic (exact) mass is 195 g/mol. The van der Waals surface area contributed by atoms with Crippen LogP contribution in [0.5, 0.6) is 0 Å². The van der Waals surface area contributed by atoms with Gasteiger partial charge in [-0.3, -0.25) is 0 Å². The zero-order chi connectivity index (χ0) is 9.43. The topological polar surface area (TPSA) is 21.3 Å². The van der Waals surface area contributed by atoms with Crippen LogP contribution in [0.2, 0.25) is 0 Å². The lowest BCUT2D eigenvalue weighted by Gasteiger charge is -2.43. The fraction of sp³-hybridized carbons (Fsp3) is 1.00. The van der Waals surface area contributed by atoms with Crippen LogP contribution in [-0.4, -0.2) is 25.3 Å². The number of hydrogen-bond donors (Lipinski definition) is 1. The van der Waals surface area contributed by atoms with Gasteiger partial charge in [-0.15, -0.1) is 0 Å². The number of ether oxygens (including phenoxy) is 1. The highest BCUT2D eigenvalue weighted by Gasteiger charge is 2.43. The molecule has 80 valence electrons. The third-order valence-corrected chi connectivity index (χ3v) is 4.26. The van der Waals surface area contributed by atoms with Crippen LogP contribution in [0.3, 0.4) is 0 Å². The maximum absolute atomic E-state index is 6.05. The van der Waals surface area contributed by atoms with Crippen molar-refractivity contribution in [2.24, 2.45) is 11.8 Å². The highest BCUT2D eigenvalue weighted by Crippen LogP contribution is 2.47. The van der Waals surface area contributed by atoms with Gasteiger partial charge in [0, 0.05) is 13.1 Å². The predicted octanol–water partition coefficient (Wildman–Crippen LogP) is 1.95. The molecule has 0 radical (unpaired) electrons. The number of nitrogens with one attached hydrogen (secondary N) is 1. The Morgan fingerprint density at radius 3 is 2.79 bits per heavy atom. The minimum Gasteiger partial charge on any atom is -0.372 e. The van der Waals surface area contributed by atoms with E-state index in [1.807, 2.05) is 0 Å². The summed E-state index contributed by atoms with van der Waals surface area (Å²) in [5.74, 6) is 2.06. The fourth-order valence-corrected chi connectivity index (χ4v) is 3.34. The third-order valence-electron chi connectivity index (χ3n) is 4.26. The van der Waals surface area contributed by atoms with Crippen LogP contribution in [-0.2, 0) is 4.74 Å². The minimum atomic E-state index is 0.240. The first-order valence-electron chi connectivity index (χ1n) is 6.23. The van der Waals surface area contributed by atoms with Crippen molar-refractivity contribution in [1.82, 2.24) is 5.32 Å². The van der Waals surface area contributed by atoms with Crippen LogP contribution in [0, 0.1) is 11.8 Å². The van der Waals surface area contributed by atoms with Crippen LogP contribution in [0.15, 0.2) is 0 Å². The van der Waals surface area contributed by atoms with Crippen LogP contribution >= 0.6 is 0 Å². The van der Waals surface area contributed by atoms with Crippen molar-refractivity contribution in [3.63, 3.8) is 0 Å². The summed E-state index contributed by atoms with van der Waals surface area (Å²) in [5, 5.41) is 3.50. The second-order valence-electron chi connectivity index (χ2n) is 5.40. The molecule has 2 heteroatoms. The third kappa shape index (κ3) is 1.70. The molecule has 2 nitrogen and oxygen atoms in total. The van der Waals surface area contributed by atoms with Gasteiger partial charge in [-0.25, -0.2) is 0 Å². The summed E-state index contributed by atoms with van der Waals surface area (Å²) in [4.78, 5) is 0.